The Hall–Kier alpha value is -1.84. The fourth-order valence-electron chi connectivity index (χ4n) is 1.64. The number of nitrogens with zero attached hydrogens (tertiary/aromatic N) is 3. The molecule has 0 aliphatic heterocycles. The minimum absolute atomic E-state index is 0.0690. The third kappa shape index (κ3) is 4.31. The molecule has 114 valence electrons. The van der Waals surface area contributed by atoms with E-state index in [4.69, 9.17) is 0 Å². The zero-order valence-corrected chi connectivity index (χ0v) is 12.7. The predicted molar refractivity (Wildman–Crippen MR) is 76.6 cm³/mol. The van der Waals surface area contributed by atoms with E-state index in [0.29, 0.717) is 17.8 Å². The molecule has 9 heteroatoms. The summed E-state index contributed by atoms with van der Waals surface area (Å²) >= 11 is 0. The maximum absolute atomic E-state index is 12.3. The summed E-state index contributed by atoms with van der Waals surface area (Å²) < 4.78 is 27.0. The third-order valence-corrected chi connectivity index (χ3v) is 4.13. The highest BCUT2D eigenvalue weighted by atomic mass is 32.2. The molecule has 0 aromatic carbocycles. The van der Waals surface area contributed by atoms with E-state index in [2.05, 4.69) is 30.4 Å². The Kier molecular flexibility index (Phi) is 4.99. The zero-order valence-electron chi connectivity index (χ0n) is 11.9. The molecule has 21 heavy (non-hydrogen) atoms. The first-order valence-corrected chi connectivity index (χ1v) is 7.99. The Balaban J connectivity index is 2.07. The van der Waals surface area contributed by atoms with Crippen LogP contribution in [0.5, 0.6) is 0 Å². The molecule has 8 nitrogen and oxygen atoms in total. The lowest BCUT2D eigenvalue weighted by molar-refractivity contribution is 0.563. The third-order valence-electron chi connectivity index (χ3n) is 2.72. The average molecular weight is 310 g/mol. The number of rotatable bonds is 7. The number of nitrogens with one attached hydrogen (secondary N) is 3. The van der Waals surface area contributed by atoms with Crippen LogP contribution < -0.4 is 10.0 Å². The van der Waals surface area contributed by atoms with Crippen LogP contribution in [0.25, 0.3) is 0 Å². The van der Waals surface area contributed by atoms with Crippen molar-refractivity contribution in [3.8, 4) is 0 Å². The number of hydrogen-bond acceptors (Lipinski definition) is 6. The molecular weight excluding hydrogens is 292 g/mol. The second-order valence-corrected chi connectivity index (χ2v) is 6.50. The molecule has 0 saturated carbocycles. The Morgan fingerprint density at radius 1 is 1.33 bits per heavy atom. The standard InChI is InChI=1S/C12H18N6O2S/c1-9(2)13-6-10-7-15-18-12(10)21(19,20)16-8-11-4-3-5-14-17-11/h3-5,7,9,13,16H,6,8H2,1-2H3,(H,15,18). The van der Waals surface area contributed by atoms with Gasteiger partial charge in [0, 0.05) is 24.3 Å². The Morgan fingerprint density at radius 3 is 2.81 bits per heavy atom. The SMILES string of the molecule is CC(C)NCc1cn[nH]c1S(=O)(=O)NCc1cccnn1. The van der Waals surface area contributed by atoms with Crippen LogP contribution in [-0.2, 0) is 23.1 Å². The van der Waals surface area contributed by atoms with E-state index in [-0.39, 0.29) is 17.6 Å². The van der Waals surface area contributed by atoms with Crippen LogP contribution in [0.1, 0.15) is 25.1 Å². The van der Waals surface area contributed by atoms with Crippen molar-refractivity contribution >= 4 is 10.0 Å². The Labute approximate surface area is 123 Å². The van der Waals surface area contributed by atoms with E-state index >= 15 is 0 Å². The molecule has 0 radical (unpaired) electrons. The van der Waals surface area contributed by atoms with E-state index < -0.39 is 10.0 Å². The van der Waals surface area contributed by atoms with Gasteiger partial charge in [-0.2, -0.15) is 15.3 Å². The van der Waals surface area contributed by atoms with Crippen molar-refractivity contribution in [1.82, 2.24) is 30.4 Å². The first-order chi connectivity index (χ1) is 9.99. The Morgan fingerprint density at radius 2 is 2.14 bits per heavy atom. The van der Waals surface area contributed by atoms with Crippen LogP contribution in [0.2, 0.25) is 0 Å². The fraction of sp³-hybridized carbons (Fsp3) is 0.417. The van der Waals surface area contributed by atoms with Gasteiger partial charge in [0.1, 0.15) is 0 Å². The van der Waals surface area contributed by atoms with Crippen molar-refractivity contribution in [2.24, 2.45) is 0 Å². The van der Waals surface area contributed by atoms with Gasteiger partial charge in [0.15, 0.2) is 5.03 Å². The molecule has 0 bridgehead atoms. The van der Waals surface area contributed by atoms with Gasteiger partial charge in [-0.3, -0.25) is 5.10 Å². The molecule has 0 spiro atoms. The second kappa shape index (κ2) is 6.74. The van der Waals surface area contributed by atoms with Gasteiger partial charge in [0.2, 0.25) is 0 Å². The van der Waals surface area contributed by atoms with Gasteiger partial charge >= 0.3 is 0 Å². The van der Waals surface area contributed by atoms with Crippen molar-refractivity contribution in [2.45, 2.75) is 38.0 Å². The largest absolute Gasteiger partial charge is 0.310 e. The molecule has 2 rings (SSSR count). The molecule has 2 heterocycles. The fourth-order valence-corrected chi connectivity index (χ4v) is 2.77. The summed E-state index contributed by atoms with van der Waals surface area (Å²) in [7, 11) is -3.67. The molecule has 0 aliphatic carbocycles. The maximum Gasteiger partial charge on any atom is 0.258 e. The highest BCUT2D eigenvalue weighted by Crippen LogP contribution is 2.12. The van der Waals surface area contributed by atoms with Crippen molar-refractivity contribution in [3.63, 3.8) is 0 Å². The highest BCUT2D eigenvalue weighted by molar-refractivity contribution is 7.89. The number of H-pyrrole nitrogens is 1. The summed E-state index contributed by atoms with van der Waals surface area (Å²) in [4.78, 5) is 0. The smallest absolute Gasteiger partial charge is 0.258 e. The quantitative estimate of drug-likeness (QED) is 0.672. The Bertz CT molecular complexity index is 668. The van der Waals surface area contributed by atoms with Crippen molar-refractivity contribution in [2.75, 3.05) is 0 Å². The van der Waals surface area contributed by atoms with Crippen LogP contribution >= 0.6 is 0 Å². The molecular formula is C12H18N6O2S. The molecule has 2 aromatic rings. The lowest BCUT2D eigenvalue weighted by atomic mass is 10.3. The number of aromatic amines is 1. The number of hydrogen-bond donors (Lipinski definition) is 3. The summed E-state index contributed by atoms with van der Waals surface area (Å²) in [5.74, 6) is 0. The first kappa shape index (κ1) is 15.5. The summed E-state index contributed by atoms with van der Waals surface area (Å²) in [6.07, 6.45) is 3.04. The summed E-state index contributed by atoms with van der Waals surface area (Å²) in [5.41, 5.74) is 1.14. The lowest BCUT2D eigenvalue weighted by Gasteiger charge is -2.09. The molecule has 0 atom stereocenters. The minimum Gasteiger partial charge on any atom is -0.310 e. The lowest BCUT2D eigenvalue weighted by Crippen LogP contribution is -2.27. The van der Waals surface area contributed by atoms with Gasteiger partial charge in [-0.1, -0.05) is 13.8 Å². The maximum atomic E-state index is 12.3. The van der Waals surface area contributed by atoms with Gasteiger partial charge in [-0.15, -0.1) is 0 Å². The van der Waals surface area contributed by atoms with Crippen molar-refractivity contribution < 1.29 is 8.42 Å². The molecule has 0 fully saturated rings. The van der Waals surface area contributed by atoms with Gasteiger partial charge in [-0.05, 0) is 12.1 Å². The van der Waals surface area contributed by atoms with Crippen molar-refractivity contribution in [1.29, 1.82) is 0 Å². The molecule has 3 N–H and O–H groups in total. The molecule has 0 unspecified atom stereocenters. The molecule has 0 saturated heterocycles. The first-order valence-electron chi connectivity index (χ1n) is 6.51. The van der Waals surface area contributed by atoms with Crippen molar-refractivity contribution in [3.05, 3.63) is 35.8 Å². The summed E-state index contributed by atoms with van der Waals surface area (Å²) in [6.45, 7) is 4.48. The van der Waals surface area contributed by atoms with E-state index in [0.717, 1.165) is 0 Å². The van der Waals surface area contributed by atoms with Crippen LogP contribution in [0, 0.1) is 0 Å². The monoisotopic (exact) mass is 310 g/mol. The molecule has 0 amide bonds. The van der Waals surface area contributed by atoms with Crippen LogP contribution in [-0.4, -0.2) is 34.9 Å². The topological polar surface area (TPSA) is 113 Å². The zero-order chi connectivity index (χ0) is 15.3. The van der Waals surface area contributed by atoms with Gasteiger partial charge in [0.25, 0.3) is 10.0 Å². The summed E-state index contributed by atoms with van der Waals surface area (Å²) in [5, 5.41) is 17.1. The summed E-state index contributed by atoms with van der Waals surface area (Å²) in [6, 6.07) is 3.65. The van der Waals surface area contributed by atoms with Gasteiger partial charge in [0.05, 0.1) is 18.4 Å². The van der Waals surface area contributed by atoms with E-state index in [1.54, 1.807) is 12.1 Å². The predicted octanol–water partition coefficient (Wildman–Crippen LogP) is 0.176. The van der Waals surface area contributed by atoms with E-state index in [1.807, 2.05) is 13.8 Å². The second-order valence-electron chi connectivity index (χ2n) is 4.80. The molecule has 2 aromatic heterocycles. The van der Waals surface area contributed by atoms with E-state index in [1.165, 1.54) is 12.4 Å². The van der Waals surface area contributed by atoms with E-state index in [9.17, 15) is 8.42 Å². The van der Waals surface area contributed by atoms with Crippen LogP contribution in [0.15, 0.2) is 29.6 Å². The van der Waals surface area contributed by atoms with Crippen LogP contribution in [0.4, 0.5) is 0 Å². The minimum atomic E-state index is -3.67. The molecule has 0 aliphatic rings. The van der Waals surface area contributed by atoms with Gasteiger partial charge in [-0.25, -0.2) is 13.1 Å². The normalized spacial score (nSPS) is 12.0. The number of aromatic nitrogens is 4. The number of sulfonamides is 1. The highest BCUT2D eigenvalue weighted by Gasteiger charge is 2.20. The van der Waals surface area contributed by atoms with Crippen LogP contribution in [0.3, 0.4) is 0 Å². The van der Waals surface area contributed by atoms with Gasteiger partial charge < -0.3 is 5.32 Å². The average Bonchev–Trinajstić information content (AvgIpc) is 2.93.